The van der Waals surface area contributed by atoms with E-state index in [4.69, 9.17) is 10.00 Å². The van der Waals surface area contributed by atoms with Crippen LogP contribution < -0.4 is 10.1 Å². The topological polar surface area (TPSA) is 103 Å². The second kappa shape index (κ2) is 7.48. The summed E-state index contributed by atoms with van der Waals surface area (Å²) in [4.78, 5) is 10.7. The Labute approximate surface area is 117 Å². The summed E-state index contributed by atoms with van der Waals surface area (Å²) < 4.78 is 5.05. The van der Waals surface area contributed by atoms with E-state index in [0.29, 0.717) is 11.3 Å². The van der Waals surface area contributed by atoms with E-state index in [1.807, 2.05) is 6.07 Å². The Hall–Kier alpha value is -2.10. The first-order valence-electron chi connectivity index (χ1n) is 6.18. The van der Waals surface area contributed by atoms with Gasteiger partial charge in [0.2, 0.25) is 5.91 Å². The molecule has 2 atom stereocenters. The maximum absolute atomic E-state index is 10.7. The van der Waals surface area contributed by atoms with Gasteiger partial charge in [-0.15, -0.1) is 0 Å². The van der Waals surface area contributed by atoms with E-state index in [2.05, 4.69) is 5.32 Å². The number of nitrogens with zero attached hydrogens (tertiary/aromatic N) is 1. The molecule has 2 unspecified atom stereocenters. The summed E-state index contributed by atoms with van der Waals surface area (Å²) in [6, 6.07) is 6.77. The van der Waals surface area contributed by atoms with E-state index in [-0.39, 0.29) is 24.4 Å². The number of nitriles is 1. The quantitative estimate of drug-likeness (QED) is 0.702. The van der Waals surface area contributed by atoms with E-state index >= 15 is 0 Å². The third-order valence-electron chi connectivity index (χ3n) is 2.89. The molecule has 1 aromatic carbocycles. The van der Waals surface area contributed by atoms with Crippen LogP contribution in [0.1, 0.15) is 30.6 Å². The number of carbonyl (C=O) groups is 1. The molecule has 0 bridgehead atoms. The second-order valence-corrected chi connectivity index (χ2v) is 4.32. The fourth-order valence-electron chi connectivity index (χ4n) is 1.85. The molecule has 1 rings (SSSR count). The van der Waals surface area contributed by atoms with Crippen molar-refractivity contribution in [2.24, 2.45) is 0 Å². The lowest BCUT2D eigenvalue weighted by Crippen LogP contribution is -2.28. The minimum Gasteiger partial charge on any atom is -0.495 e. The van der Waals surface area contributed by atoms with Gasteiger partial charge in [0.25, 0.3) is 0 Å². The molecular weight excluding hydrogens is 260 g/mol. The molecular formula is C14H18N2O4. The van der Waals surface area contributed by atoms with Gasteiger partial charge in [0.05, 0.1) is 18.8 Å². The lowest BCUT2D eigenvalue weighted by atomic mass is 9.97. The second-order valence-electron chi connectivity index (χ2n) is 4.32. The molecule has 108 valence electrons. The first-order valence-corrected chi connectivity index (χ1v) is 6.18. The maximum atomic E-state index is 10.7. The highest BCUT2D eigenvalue weighted by molar-refractivity contribution is 5.72. The molecule has 0 saturated carbocycles. The van der Waals surface area contributed by atoms with Crippen LogP contribution in [0, 0.1) is 11.3 Å². The molecule has 0 fully saturated rings. The van der Waals surface area contributed by atoms with Crippen molar-refractivity contribution in [2.75, 3.05) is 13.7 Å². The number of benzene rings is 1. The van der Waals surface area contributed by atoms with E-state index < -0.39 is 12.2 Å². The molecule has 0 aliphatic carbocycles. The van der Waals surface area contributed by atoms with Crippen LogP contribution >= 0.6 is 0 Å². The Bertz CT molecular complexity index is 510. The van der Waals surface area contributed by atoms with Crippen molar-refractivity contribution in [1.29, 1.82) is 5.26 Å². The smallest absolute Gasteiger partial charge is 0.216 e. The van der Waals surface area contributed by atoms with Crippen LogP contribution in [0.3, 0.4) is 0 Å². The van der Waals surface area contributed by atoms with Gasteiger partial charge in [-0.2, -0.15) is 5.26 Å². The van der Waals surface area contributed by atoms with E-state index in [0.717, 1.165) is 0 Å². The number of ether oxygens (including phenoxy) is 1. The fourth-order valence-corrected chi connectivity index (χ4v) is 1.85. The summed E-state index contributed by atoms with van der Waals surface area (Å²) in [5.74, 6) is 0.142. The lowest BCUT2D eigenvalue weighted by molar-refractivity contribution is -0.119. The zero-order valence-corrected chi connectivity index (χ0v) is 11.5. The zero-order chi connectivity index (χ0) is 15.1. The summed E-state index contributed by atoms with van der Waals surface area (Å²) in [7, 11) is 1.43. The van der Waals surface area contributed by atoms with Crippen LogP contribution in [-0.2, 0) is 4.79 Å². The summed E-state index contributed by atoms with van der Waals surface area (Å²) in [6.07, 6.45) is -2.11. The first-order chi connectivity index (χ1) is 9.51. The van der Waals surface area contributed by atoms with E-state index in [1.54, 1.807) is 18.2 Å². The molecule has 0 radical (unpaired) electrons. The molecule has 1 aromatic rings. The minimum atomic E-state index is -1.21. The average molecular weight is 278 g/mol. The maximum Gasteiger partial charge on any atom is 0.216 e. The SMILES string of the molecule is COc1cccc(C(O)C(O)CCNC(C)=O)c1C#N. The van der Waals surface area contributed by atoms with Crippen LogP contribution in [0.4, 0.5) is 0 Å². The molecule has 20 heavy (non-hydrogen) atoms. The number of amides is 1. The van der Waals surface area contributed by atoms with Crippen molar-refractivity contribution in [1.82, 2.24) is 5.32 Å². The number of hydrogen-bond donors (Lipinski definition) is 3. The average Bonchev–Trinajstić information content (AvgIpc) is 2.44. The summed E-state index contributed by atoms with van der Waals surface area (Å²) >= 11 is 0. The Morgan fingerprint density at radius 1 is 1.50 bits per heavy atom. The molecule has 0 saturated heterocycles. The normalized spacial score (nSPS) is 13.2. The van der Waals surface area contributed by atoms with Crippen LogP contribution in [0.2, 0.25) is 0 Å². The van der Waals surface area contributed by atoms with Gasteiger partial charge < -0.3 is 20.3 Å². The molecule has 3 N–H and O–H groups in total. The van der Waals surface area contributed by atoms with Gasteiger partial charge in [-0.05, 0) is 12.5 Å². The van der Waals surface area contributed by atoms with E-state index in [9.17, 15) is 15.0 Å². The Balaban J connectivity index is 2.83. The number of aliphatic hydroxyl groups is 2. The van der Waals surface area contributed by atoms with Gasteiger partial charge in [0.15, 0.2) is 0 Å². The standard InChI is InChI=1S/C14H18N2O4/c1-9(17)16-7-6-12(18)14(19)10-4-3-5-13(20-2)11(10)8-15/h3-5,12,14,18-19H,6-7H2,1-2H3,(H,16,17). The van der Waals surface area contributed by atoms with Gasteiger partial charge >= 0.3 is 0 Å². The zero-order valence-electron chi connectivity index (χ0n) is 11.5. The van der Waals surface area contributed by atoms with Crippen molar-refractivity contribution in [3.05, 3.63) is 29.3 Å². The summed E-state index contributed by atoms with van der Waals surface area (Å²) in [5.41, 5.74) is 0.503. The van der Waals surface area contributed by atoms with Gasteiger partial charge in [-0.1, -0.05) is 12.1 Å². The Kier molecular flexibility index (Phi) is 5.97. The predicted octanol–water partition coefficient (Wildman–Crippen LogP) is 0.487. The van der Waals surface area contributed by atoms with Crippen molar-refractivity contribution in [3.63, 3.8) is 0 Å². The molecule has 0 spiro atoms. The highest BCUT2D eigenvalue weighted by atomic mass is 16.5. The van der Waals surface area contributed by atoms with Crippen molar-refractivity contribution < 1.29 is 19.7 Å². The number of nitrogens with one attached hydrogen (secondary N) is 1. The Morgan fingerprint density at radius 3 is 2.75 bits per heavy atom. The molecule has 0 heterocycles. The van der Waals surface area contributed by atoms with Crippen LogP contribution in [0.25, 0.3) is 0 Å². The molecule has 1 amide bonds. The molecule has 0 aromatic heterocycles. The van der Waals surface area contributed by atoms with Gasteiger partial charge in [-0.3, -0.25) is 4.79 Å². The van der Waals surface area contributed by atoms with Crippen LogP contribution in [-0.4, -0.2) is 35.9 Å². The molecule has 0 aliphatic rings. The first kappa shape index (κ1) is 16.0. The molecule has 6 heteroatoms. The number of hydrogen-bond acceptors (Lipinski definition) is 5. The van der Waals surface area contributed by atoms with Crippen LogP contribution in [0.5, 0.6) is 5.75 Å². The van der Waals surface area contributed by atoms with Crippen LogP contribution in [0.15, 0.2) is 18.2 Å². The van der Waals surface area contributed by atoms with E-state index in [1.165, 1.54) is 14.0 Å². The van der Waals surface area contributed by atoms with Gasteiger partial charge in [0.1, 0.15) is 17.9 Å². The largest absolute Gasteiger partial charge is 0.495 e. The highest BCUT2D eigenvalue weighted by Crippen LogP contribution is 2.28. The molecule has 0 aliphatic heterocycles. The number of rotatable bonds is 6. The summed E-state index contributed by atoms with van der Waals surface area (Å²) in [5, 5.41) is 31.7. The van der Waals surface area contributed by atoms with Crippen molar-refractivity contribution >= 4 is 5.91 Å². The monoisotopic (exact) mass is 278 g/mol. The van der Waals surface area contributed by atoms with Gasteiger partial charge in [0, 0.05) is 19.0 Å². The number of carbonyl (C=O) groups excluding carboxylic acids is 1. The van der Waals surface area contributed by atoms with Crippen molar-refractivity contribution in [2.45, 2.75) is 25.6 Å². The predicted molar refractivity (Wildman–Crippen MR) is 72.0 cm³/mol. The third kappa shape index (κ3) is 3.95. The number of aliphatic hydroxyl groups excluding tert-OH is 2. The van der Waals surface area contributed by atoms with Gasteiger partial charge in [-0.25, -0.2) is 0 Å². The van der Waals surface area contributed by atoms with Crippen molar-refractivity contribution in [3.8, 4) is 11.8 Å². The highest BCUT2D eigenvalue weighted by Gasteiger charge is 2.22. The summed E-state index contributed by atoms with van der Waals surface area (Å²) in [6.45, 7) is 1.62. The lowest BCUT2D eigenvalue weighted by Gasteiger charge is -2.20. The molecule has 6 nitrogen and oxygen atoms in total. The minimum absolute atomic E-state index is 0.183. The fraction of sp³-hybridized carbons (Fsp3) is 0.429. The third-order valence-corrected chi connectivity index (χ3v) is 2.89. The Morgan fingerprint density at radius 2 is 2.20 bits per heavy atom. The number of methoxy groups -OCH3 is 1.